The van der Waals surface area contributed by atoms with E-state index < -0.39 is 0 Å². The lowest BCUT2D eigenvalue weighted by Gasteiger charge is -2.13. The molecule has 0 fully saturated rings. The maximum Gasteiger partial charge on any atom is 0.206 e. The third-order valence-electron chi connectivity index (χ3n) is 4.20. The fourth-order valence-electron chi connectivity index (χ4n) is 2.79. The molecule has 2 aromatic carbocycles. The minimum Gasteiger partial charge on any atom is -0.359 e. The summed E-state index contributed by atoms with van der Waals surface area (Å²) in [6.07, 6.45) is 2.22. The molecule has 4 rings (SSSR count). The molecule has 1 atom stereocenters. The summed E-state index contributed by atoms with van der Waals surface area (Å²) in [4.78, 5) is 0. The average molecular weight is 437 g/mol. The molecule has 2 aromatic heterocycles. The molecular weight excluding hydrogens is 422 g/mol. The van der Waals surface area contributed by atoms with E-state index in [1.807, 2.05) is 6.07 Å². The maximum atomic E-state index is 14.3. The fourth-order valence-corrected chi connectivity index (χ4v) is 4.05. The molecule has 0 spiro atoms. The van der Waals surface area contributed by atoms with E-state index in [1.165, 1.54) is 17.4 Å². The zero-order valence-electron chi connectivity index (χ0n) is 14.4. The summed E-state index contributed by atoms with van der Waals surface area (Å²) in [7, 11) is 0. The summed E-state index contributed by atoms with van der Waals surface area (Å²) in [5.41, 5.74) is 8.13. The van der Waals surface area contributed by atoms with E-state index in [-0.39, 0.29) is 11.9 Å². The van der Waals surface area contributed by atoms with Gasteiger partial charge in [-0.15, -0.1) is 10.2 Å². The largest absolute Gasteiger partial charge is 0.359 e. The van der Waals surface area contributed by atoms with Crippen molar-refractivity contribution in [1.82, 2.24) is 20.4 Å². The molecule has 0 aliphatic heterocycles. The highest BCUT2D eigenvalue weighted by molar-refractivity contribution is 7.18. The number of H-pyrrole nitrogens is 1. The molecule has 0 saturated heterocycles. The van der Waals surface area contributed by atoms with Gasteiger partial charge in [0.25, 0.3) is 0 Å². The fraction of sp³-hybridized carbons (Fsp3) is 0.167. The van der Waals surface area contributed by atoms with Gasteiger partial charge in [-0.3, -0.25) is 5.10 Å². The number of hydrogen-bond acceptors (Lipinski definition) is 6. The summed E-state index contributed by atoms with van der Waals surface area (Å²) in [6, 6.07) is 8.25. The molecule has 0 radical (unpaired) electrons. The van der Waals surface area contributed by atoms with Gasteiger partial charge >= 0.3 is 0 Å². The Morgan fingerprint density at radius 1 is 1.21 bits per heavy atom. The molecule has 1 unspecified atom stereocenters. The lowest BCUT2D eigenvalue weighted by Crippen LogP contribution is -2.31. The third-order valence-corrected chi connectivity index (χ3v) is 5.70. The Bertz CT molecular complexity index is 1130. The Morgan fingerprint density at radius 3 is 2.89 bits per heavy atom. The second kappa shape index (κ2) is 8.00. The standard InChI is InChI=1S/C18H15Cl2FN6S/c19-11-2-1-9(14(20)5-11)3-12(22)8-23-18-27-26-17(28-18)13-4-10-7-24-25-16(10)6-15(13)21/h1-2,4-7,12H,3,8,22H2,(H,23,27)(H,24,25). The quantitative estimate of drug-likeness (QED) is 0.413. The van der Waals surface area contributed by atoms with Gasteiger partial charge in [-0.1, -0.05) is 40.6 Å². The maximum absolute atomic E-state index is 14.3. The van der Waals surface area contributed by atoms with Crippen LogP contribution in [0.5, 0.6) is 0 Å². The lowest BCUT2D eigenvalue weighted by molar-refractivity contribution is 0.632. The second-order valence-corrected chi connectivity index (χ2v) is 8.10. The molecule has 0 amide bonds. The van der Waals surface area contributed by atoms with Crippen LogP contribution >= 0.6 is 34.5 Å². The zero-order valence-corrected chi connectivity index (χ0v) is 16.7. The predicted octanol–water partition coefficient (Wildman–Crippen LogP) is 4.51. The molecular formula is C18H15Cl2FN6S. The Morgan fingerprint density at radius 2 is 2.07 bits per heavy atom. The van der Waals surface area contributed by atoms with E-state index >= 15 is 0 Å². The summed E-state index contributed by atoms with van der Waals surface area (Å²) >= 11 is 13.4. The van der Waals surface area contributed by atoms with E-state index in [9.17, 15) is 4.39 Å². The number of benzene rings is 2. The number of halogens is 3. The monoisotopic (exact) mass is 436 g/mol. The van der Waals surface area contributed by atoms with Gasteiger partial charge in [-0.2, -0.15) is 5.10 Å². The van der Waals surface area contributed by atoms with Crippen molar-refractivity contribution in [3.8, 4) is 10.6 Å². The van der Waals surface area contributed by atoms with Crippen LogP contribution in [0.1, 0.15) is 5.56 Å². The number of rotatable bonds is 6. The van der Waals surface area contributed by atoms with Crippen LogP contribution in [0.4, 0.5) is 9.52 Å². The van der Waals surface area contributed by atoms with Gasteiger partial charge in [-0.05, 0) is 30.2 Å². The number of fused-ring (bicyclic) bond motifs is 1. The Hall–Kier alpha value is -2.26. The number of hydrogen-bond donors (Lipinski definition) is 3. The van der Waals surface area contributed by atoms with Crippen LogP contribution in [0.25, 0.3) is 21.5 Å². The minimum atomic E-state index is -0.381. The van der Waals surface area contributed by atoms with Crippen molar-refractivity contribution in [1.29, 1.82) is 0 Å². The van der Waals surface area contributed by atoms with Crippen molar-refractivity contribution in [3.05, 3.63) is 58.0 Å². The number of aromatic nitrogens is 4. The highest BCUT2D eigenvalue weighted by Gasteiger charge is 2.14. The first-order valence-corrected chi connectivity index (χ1v) is 9.96. The number of aromatic amines is 1. The van der Waals surface area contributed by atoms with Crippen LogP contribution in [0.2, 0.25) is 10.0 Å². The highest BCUT2D eigenvalue weighted by atomic mass is 35.5. The molecule has 0 saturated carbocycles. The topological polar surface area (TPSA) is 92.5 Å². The van der Waals surface area contributed by atoms with Crippen LogP contribution < -0.4 is 11.1 Å². The summed E-state index contributed by atoms with van der Waals surface area (Å²) < 4.78 is 14.3. The van der Waals surface area contributed by atoms with Gasteiger partial charge in [0.2, 0.25) is 5.13 Å². The van der Waals surface area contributed by atoms with Crippen LogP contribution in [-0.4, -0.2) is 33.0 Å². The molecule has 0 aliphatic carbocycles. The SMILES string of the molecule is NC(CNc1nnc(-c2cc3cn[nH]c3cc2F)s1)Cc1ccc(Cl)cc1Cl. The van der Waals surface area contributed by atoms with Crippen LogP contribution in [-0.2, 0) is 6.42 Å². The molecule has 0 aliphatic rings. The third kappa shape index (κ3) is 4.10. The first-order valence-electron chi connectivity index (χ1n) is 8.39. The summed E-state index contributed by atoms with van der Waals surface area (Å²) in [6.45, 7) is 0.469. The minimum absolute atomic E-state index is 0.190. The van der Waals surface area contributed by atoms with Crippen LogP contribution in [0, 0.1) is 5.82 Å². The lowest BCUT2D eigenvalue weighted by atomic mass is 10.1. The molecule has 0 bridgehead atoms. The number of anilines is 1. The van der Waals surface area contributed by atoms with Crippen LogP contribution in [0.3, 0.4) is 0 Å². The Kier molecular flexibility index (Phi) is 5.45. The summed E-state index contributed by atoms with van der Waals surface area (Å²) in [5, 5.41) is 21.0. The molecule has 144 valence electrons. The van der Waals surface area contributed by atoms with E-state index in [1.54, 1.807) is 24.4 Å². The Labute approximate surface area is 173 Å². The van der Waals surface area contributed by atoms with Gasteiger partial charge in [0.05, 0.1) is 11.7 Å². The molecule has 4 aromatic rings. The van der Waals surface area contributed by atoms with Crippen molar-refractivity contribution >= 4 is 50.6 Å². The van der Waals surface area contributed by atoms with E-state index in [4.69, 9.17) is 28.9 Å². The second-order valence-electron chi connectivity index (χ2n) is 6.28. The van der Waals surface area contributed by atoms with E-state index in [0.29, 0.717) is 44.2 Å². The van der Waals surface area contributed by atoms with Gasteiger partial charge in [-0.25, -0.2) is 4.39 Å². The molecule has 28 heavy (non-hydrogen) atoms. The van der Waals surface area contributed by atoms with Crippen molar-refractivity contribution in [2.24, 2.45) is 5.73 Å². The molecule has 6 nitrogen and oxygen atoms in total. The number of nitrogens with zero attached hydrogens (tertiary/aromatic N) is 3. The van der Waals surface area contributed by atoms with Crippen molar-refractivity contribution in [2.45, 2.75) is 12.5 Å². The smallest absolute Gasteiger partial charge is 0.206 e. The van der Waals surface area contributed by atoms with Gasteiger partial charge in [0.1, 0.15) is 5.82 Å². The van der Waals surface area contributed by atoms with Crippen molar-refractivity contribution < 1.29 is 4.39 Å². The normalized spacial score (nSPS) is 12.4. The number of nitrogens with one attached hydrogen (secondary N) is 2. The number of nitrogens with two attached hydrogens (primary N) is 1. The summed E-state index contributed by atoms with van der Waals surface area (Å²) in [5.74, 6) is -0.381. The average Bonchev–Trinajstić information content (AvgIpc) is 3.30. The predicted molar refractivity (Wildman–Crippen MR) is 112 cm³/mol. The van der Waals surface area contributed by atoms with E-state index in [2.05, 4.69) is 25.7 Å². The van der Waals surface area contributed by atoms with Crippen molar-refractivity contribution in [3.63, 3.8) is 0 Å². The molecule has 10 heteroatoms. The highest BCUT2D eigenvalue weighted by Crippen LogP contribution is 2.31. The first-order chi connectivity index (χ1) is 13.5. The van der Waals surface area contributed by atoms with Gasteiger partial charge < -0.3 is 11.1 Å². The van der Waals surface area contributed by atoms with Crippen LogP contribution in [0.15, 0.2) is 36.5 Å². The van der Waals surface area contributed by atoms with Gasteiger partial charge in [0, 0.05) is 39.6 Å². The molecule has 2 heterocycles. The Balaban J connectivity index is 1.42. The first kappa shape index (κ1) is 19.1. The molecule has 4 N–H and O–H groups in total. The van der Waals surface area contributed by atoms with Gasteiger partial charge in [0.15, 0.2) is 5.01 Å². The zero-order chi connectivity index (χ0) is 19.7. The van der Waals surface area contributed by atoms with E-state index in [0.717, 1.165) is 10.9 Å². The van der Waals surface area contributed by atoms with Crippen molar-refractivity contribution in [2.75, 3.05) is 11.9 Å².